The van der Waals surface area contributed by atoms with Gasteiger partial charge in [-0.05, 0) is 70.9 Å². The Kier molecular flexibility index (Phi) is 6.86. The first-order valence-corrected chi connectivity index (χ1v) is 13.0. The summed E-state index contributed by atoms with van der Waals surface area (Å²) >= 11 is 6.28. The number of halogens is 4. The predicted molar refractivity (Wildman–Crippen MR) is 131 cm³/mol. The molecule has 0 bridgehead atoms. The maximum Gasteiger partial charge on any atom is 0.391 e. The number of hydrogen-bond acceptors (Lipinski definition) is 4. The van der Waals surface area contributed by atoms with E-state index in [4.69, 9.17) is 21.6 Å². The standard InChI is InChI=1S/C24H34ClF3N6/c1-14-5-6-21(30-17-3-2-4-17)33-22-20(9-14)32-23(34(22)19-7-8-29-13-19)31-18-11-15(24(26,27)28)10-16(25)12-18/h9,15-19,29H,2-8,10-13H2,1H3,(H,30,33)(H,31,32). The van der Waals surface area contributed by atoms with Gasteiger partial charge in [0.15, 0.2) is 0 Å². The second kappa shape index (κ2) is 9.72. The Morgan fingerprint density at radius 2 is 2.00 bits per heavy atom. The van der Waals surface area contributed by atoms with E-state index in [1.165, 1.54) is 12.0 Å². The molecule has 3 heterocycles. The van der Waals surface area contributed by atoms with Crippen LogP contribution in [0.2, 0.25) is 0 Å². The van der Waals surface area contributed by atoms with Crippen LogP contribution in [-0.4, -0.2) is 52.1 Å². The average Bonchev–Trinajstić information content (AvgIpc) is 3.34. The molecule has 0 amide bonds. The zero-order chi connectivity index (χ0) is 23.9. The maximum absolute atomic E-state index is 13.5. The predicted octanol–water partition coefficient (Wildman–Crippen LogP) is 5.73. The molecule has 188 valence electrons. The van der Waals surface area contributed by atoms with Gasteiger partial charge in [0.05, 0.1) is 18.0 Å². The molecule has 0 aromatic carbocycles. The van der Waals surface area contributed by atoms with Crippen molar-refractivity contribution in [3.63, 3.8) is 0 Å². The fourth-order valence-corrected chi connectivity index (χ4v) is 5.89. The molecule has 5 rings (SSSR count). The van der Waals surface area contributed by atoms with Crippen molar-refractivity contribution in [2.24, 2.45) is 10.9 Å². The molecule has 2 saturated carbocycles. The summed E-state index contributed by atoms with van der Waals surface area (Å²) in [6.07, 6.45) is 4.53. The van der Waals surface area contributed by atoms with Gasteiger partial charge in [0, 0.05) is 24.4 Å². The van der Waals surface area contributed by atoms with Gasteiger partial charge < -0.3 is 16.0 Å². The van der Waals surface area contributed by atoms with E-state index >= 15 is 0 Å². The first-order valence-electron chi connectivity index (χ1n) is 12.6. The normalized spacial score (nSPS) is 31.8. The van der Waals surface area contributed by atoms with Crippen LogP contribution in [0.4, 0.5) is 24.9 Å². The van der Waals surface area contributed by atoms with Crippen LogP contribution >= 0.6 is 11.6 Å². The highest BCUT2D eigenvalue weighted by molar-refractivity contribution is 6.20. The molecule has 4 aliphatic rings. The average molecular weight is 499 g/mol. The molecular weight excluding hydrogens is 465 g/mol. The minimum absolute atomic E-state index is 0.0177. The van der Waals surface area contributed by atoms with E-state index in [9.17, 15) is 13.2 Å². The van der Waals surface area contributed by atoms with E-state index in [2.05, 4.69) is 33.5 Å². The molecule has 3 N–H and O–H groups in total. The van der Waals surface area contributed by atoms with Gasteiger partial charge in [-0.15, -0.1) is 11.6 Å². The van der Waals surface area contributed by atoms with Crippen LogP contribution in [0.1, 0.15) is 76.4 Å². The van der Waals surface area contributed by atoms with Crippen LogP contribution in [-0.2, 0) is 0 Å². The van der Waals surface area contributed by atoms with Gasteiger partial charge in [0.25, 0.3) is 0 Å². The summed E-state index contributed by atoms with van der Waals surface area (Å²) in [7, 11) is 0. The molecule has 1 saturated heterocycles. The Labute approximate surface area is 203 Å². The second-order valence-electron chi connectivity index (χ2n) is 10.3. The van der Waals surface area contributed by atoms with Crippen LogP contribution in [0.25, 0.3) is 6.08 Å². The number of fused-ring (bicyclic) bond motifs is 1. The van der Waals surface area contributed by atoms with Crippen LogP contribution in [0, 0.1) is 5.92 Å². The Morgan fingerprint density at radius 1 is 1.18 bits per heavy atom. The number of alkyl halides is 4. The second-order valence-corrected chi connectivity index (χ2v) is 11.0. The molecular formula is C24H34ClF3N6. The van der Waals surface area contributed by atoms with E-state index in [1.54, 1.807) is 0 Å². The van der Waals surface area contributed by atoms with Gasteiger partial charge in [-0.25, -0.2) is 4.98 Å². The SMILES string of the molecule is CC1=Cc2nc(NC3CC(Cl)CC(C(F)(F)F)C3)n(C3CCNC3)c2NC(=NC2CCC2)CC1. The summed E-state index contributed by atoms with van der Waals surface area (Å²) in [5.41, 5.74) is 2.04. The summed E-state index contributed by atoms with van der Waals surface area (Å²) in [6, 6.07) is 0.175. The van der Waals surface area contributed by atoms with Crippen molar-refractivity contribution in [3.8, 4) is 0 Å². The maximum atomic E-state index is 13.5. The molecule has 3 fully saturated rings. The third kappa shape index (κ3) is 5.25. The number of amidine groups is 1. The Balaban J connectivity index is 1.48. The van der Waals surface area contributed by atoms with Crippen LogP contribution in [0.3, 0.4) is 0 Å². The smallest absolute Gasteiger partial charge is 0.353 e. The highest BCUT2D eigenvalue weighted by atomic mass is 35.5. The summed E-state index contributed by atoms with van der Waals surface area (Å²) < 4.78 is 42.7. The summed E-state index contributed by atoms with van der Waals surface area (Å²) in [5.74, 6) is 1.10. The number of anilines is 2. The highest BCUT2D eigenvalue weighted by Crippen LogP contribution is 2.41. The molecule has 2 aliphatic carbocycles. The number of aromatic nitrogens is 2. The molecule has 0 spiro atoms. The number of imidazole rings is 1. The van der Waals surface area contributed by atoms with Gasteiger partial charge in [0.1, 0.15) is 17.3 Å². The highest BCUT2D eigenvalue weighted by Gasteiger charge is 2.45. The third-order valence-corrected chi connectivity index (χ3v) is 7.95. The Bertz CT molecular complexity index is 945. The van der Waals surface area contributed by atoms with Gasteiger partial charge in [-0.2, -0.15) is 13.2 Å². The summed E-state index contributed by atoms with van der Waals surface area (Å²) in [5, 5.41) is 9.88. The van der Waals surface area contributed by atoms with E-state index in [1.807, 2.05) is 0 Å². The van der Waals surface area contributed by atoms with E-state index in [-0.39, 0.29) is 24.9 Å². The van der Waals surface area contributed by atoms with E-state index in [0.717, 1.165) is 62.5 Å². The zero-order valence-electron chi connectivity index (χ0n) is 19.6. The lowest BCUT2D eigenvalue weighted by Gasteiger charge is -2.34. The topological polar surface area (TPSA) is 66.3 Å². The minimum atomic E-state index is -4.23. The summed E-state index contributed by atoms with van der Waals surface area (Å²) in [6.45, 7) is 3.80. The van der Waals surface area contributed by atoms with Crippen molar-refractivity contribution in [2.75, 3.05) is 23.7 Å². The first-order chi connectivity index (χ1) is 16.3. The first kappa shape index (κ1) is 24.0. The number of hydrogen-bond donors (Lipinski definition) is 3. The molecule has 34 heavy (non-hydrogen) atoms. The fraction of sp³-hybridized carbons (Fsp3) is 0.750. The van der Waals surface area contributed by atoms with Crippen LogP contribution < -0.4 is 16.0 Å². The summed E-state index contributed by atoms with van der Waals surface area (Å²) in [4.78, 5) is 9.88. The largest absolute Gasteiger partial charge is 0.391 e. The number of rotatable bonds is 4. The lowest BCUT2D eigenvalue weighted by atomic mass is 9.85. The third-order valence-electron chi connectivity index (χ3n) is 7.60. The number of nitrogens with one attached hydrogen (secondary N) is 3. The van der Waals surface area contributed by atoms with Gasteiger partial charge in [0.2, 0.25) is 5.95 Å². The minimum Gasteiger partial charge on any atom is -0.353 e. The van der Waals surface area contributed by atoms with Crippen molar-refractivity contribution >= 4 is 35.3 Å². The van der Waals surface area contributed by atoms with Crippen LogP contribution in [0.5, 0.6) is 0 Å². The quantitative estimate of drug-likeness (QED) is 0.464. The molecule has 6 nitrogen and oxygen atoms in total. The van der Waals surface area contributed by atoms with E-state index in [0.29, 0.717) is 18.4 Å². The van der Waals surface area contributed by atoms with Crippen molar-refractivity contribution in [3.05, 3.63) is 11.3 Å². The number of aliphatic imine (C=N–C) groups is 1. The number of nitrogens with zero attached hydrogens (tertiary/aromatic N) is 3. The van der Waals surface area contributed by atoms with Crippen LogP contribution in [0.15, 0.2) is 10.6 Å². The molecule has 0 radical (unpaired) electrons. The monoisotopic (exact) mass is 498 g/mol. The lowest BCUT2D eigenvalue weighted by Crippen LogP contribution is -2.39. The van der Waals surface area contributed by atoms with Crippen molar-refractivity contribution in [1.82, 2.24) is 14.9 Å². The molecule has 10 heteroatoms. The molecule has 4 atom stereocenters. The molecule has 4 unspecified atom stereocenters. The Hall–Kier alpha value is -1.74. The molecule has 1 aromatic heterocycles. The lowest BCUT2D eigenvalue weighted by molar-refractivity contribution is -0.182. The zero-order valence-corrected chi connectivity index (χ0v) is 20.4. The van der Waals surface area contributed by atoms with Crippen molar-refractivity contribution in [1.29, 1.82) is 0 Å². The van der Waals surface area contributed by atoms with Gasteiger partial charge in [-0.1, -0.05) is 5.57 Å². The van der Waals surface area contributed by atoms with Gasteiger partial charge in [-0.3, -0.25) is 9.56 Å². The van der Waals surface area contributed by atoms with E-state index < -0.39 is 17.5 Å². The molecule has 1 aromatic rings. The van der Waals surface area contributed by atoms with Crippen molar-refractivity contribution < 1.29 is 13.2 Å². The van der Waals surface area contributed by atoms with Gasteiger partial charge >= 0.3 is 6.18 Å². The number of allylic oxidation sites excluding steroid dienone is 1. The fourth-order valence-electron chi connectivity index (χ4n) is 5.46. The van der Waals surface area contributed by atoms with Crippen molar-refractivity contribution in [2.45, 2.75) is 94.4 Å². The molecule has 2 aliphatic heterocycles. The Morgan fingerprint density at radius 3 is 2.68 bits per heavy atom.